The van der Waals surface area contributed by atoms with Crippen molar-refractivity contribution in [3.63, 3.8) is 0 Å². The highest BCUT2D eigenvalue weighted by Crippen LogP contribution is 2.39. The maximum atomic E-state index is 12.2. The fraction of sp³-hybridized carbons (Fsp3) is 0.900. The largest absolute Gasteiger partial charge is 0.409 e. The molecule has 0 aromatic carbocycles. The SMILES string of the molecule is CCCC(C)(O)CNC(=O)C(C(F)(F)F)C(F)(F)F. The number of halogens is 6. The third-order valence-corrected chi connectivity index (χ3v) is 2.35. The average Bonchev–Trinajstić information content (AvgIpc) is 2.10. The summed E-state index contributed by atoms with van der Waals surface area (Å²) in [5.41, 5.74) is -1.55. The lowest BCUT2D eigenvalue weighted by Gasteiger charge is -2.26. The highest BCUT2D eigenvalue weighted by atomic mass is 19.4. The predicted molar refractivity (Wildman–Crippen MR) is 54.1 cm³/mol. The van der Waals surface area contributed by atoms with E-state index in [1.54, 1.807) is 6.92 Å². The Hall–Kier alpha value is -0.990. The number of rotatable bonds is 5. The van der Waals surface area contributed by atoms with Crippen molar-refractivity contribution < 1.29 is 36.2 Å². The van der Waals surface area contributed by atoms with Crippen molar-refractivity contribution in [3.8, 4) is 0 Å². The summed E-state index contributed by atoms with van der Waals surface area (Å²) in [5.74, 6) is -6.30. The van der Waals surface area contributed by atoms with E-state index in [0.717, 1.165) is 0 Å². The quantitative estimate of drug-likeness (QED) is 0.765. The topological polar surface area (TPSA) is 49.3 Å². The number of carbonyl (C=O) groups excluding carboxylic acids is 1. The standard InChI is InChI=1S/C10H15F6NO2/c1-3-4-8(2,19)5-17-7(18)6(9(11,12)13)10(14,15)16/h6,19H,3-5H2,1-2H3,(H,17,18). The summed E-state index contributed by atoms with van der Waals surface area (Å²) >= 11 is 0. The molecule has 19 heavy (non-hydrogen) atoms. The van der Waals surface area contributed by atoms with E-state index >= 15 is 0 Å². The van der Waals surface area contributed by atoms with E-state index in [-0.39, 0.29) is 6.42 Å². The van der Waals surface area contributed by atoms with Crippen molar-refractivity contribution in [2.45, 2.75) is 44.6 Å². The molecular weight excluding hydrogens is 280 g/mol. The third kappa shape index (κ3) is 6.13. The summed E-state index contributed by atoms with van der Waals surface area (Å²) in [6.45, 7) is 2.21. The molecule has 0 saturated carbocycles. The van der Waals surface area contributed by atoms with Crippen molar-refractivity contribution in [1.29, 1.82) is 0 Å². The van der Waals surface area contributed by atoms with Gasteiger partial charge in [-0.1, -0.05) is 13.3 Å². The molecular formula is C10H15F6NO2. The van der Waals surface area contributed by atoms with Gasteiger partial charge in [0.05, 0.1) is 5.60 Å². The second kappa shape index (κ2) is 5.98. The molecule has 2 N–H and O–H groups in total. The lowest BCUT2D eigenvalue weighted by Crippen LogP contribution is -2.51. The Labute approximate surface area is 106 Å². The van der Waals surface area contributed by atoms with E-state index in [2.05, 4.69) is 0 Å². The maximum Gasteiger partial charge on any atom is 0.409 e. The first kappa shape index (κ1) is 18.0. The molecule has 0 aliphatic carbocycles. The number of carbonyl (C=O) groups is 1. The van der Waals surface area contributed by atoms with Crippen LogP contribution in [0.15, 0.2) is 0 Å². The number of hydrogen-bond acceptors (Lipinski definition) is 2. The molecule has 0 aliphatic rings. The minimum absolute atomic E-state index is 0.135. The number of amides is 1. The number of aliphatic hydroxyl groups is 1. The summed E-state index contributed by atoms with van der Waals surface area (Å²) in [6, 6.07) is 0. The van der Waals surface area contributed by atoms with E-state index in [1.807, 2.05) is 0 Å². The number of hydrogen-bond donors (Lipinski definition) is 2. The average molecular weight is 295 g/mol. The lowest BCUT2D eigenvalue weighted by molar-refractivity contribution is -0.274. The maximum absolute atomic E-state index is 12.2. The van der Waals surface area contributed by atoms with E-state index in [9.17, 15) is 36.2 Å². The van der Waals surface area contributed by atoms with Crippen LogP contribution in [0.3, 0.4) is 0 Å². The van der Waals surface area contributed by atoms with E-state index in [0.29, 0.717) is 6.42 Å². The van der Waals surface area contributed by atoms with Crippen LogP contribution in [0.4, 0.5) is 26.3 Å². The van der Waals surface area contributed by atoms with Crippen molar-refractivity contribution in [2.24, 2.45) is 5.92 Å². The normalized spacial score (nSPS) is 16.3. The monoisotopic (exact) mass is 295 g/mol. The molecule has 0 bridgehead atoms. The van der Waals surface area contributed by atoms with E-state index in [1.165, 1.54) is 12.2 Å². The molecule has 0 spiro atoms. The molecule has 0 heterocycles. The first-order chi connectivity index (χ1) is 8.31. The van der Waals surface area contributed by atoms with Gasteiger partial charge in [0.1, 0.15) is 0 Å². The summed E-state index contributed by atoms with van der Waals surface area (Å²) < 4.78 is 73.1. The molecule has 0 aliphatic heterocycles. The van der Waals surface area contributed by atoms with Gasteiger partial charge in [-0.15, -0.1) is 0 Å². The molecule has 0 saturated heterocycles. The van der Waals surface area contributed by atoms with Crippen LogP contribution in [0.2, 0.25) is 0 Å². The van der Waals surface area contributed by atoms with Crippen LogP contribution in [0.5, 0.6) is 0 Å². The molecule has 0 aromatic heterocycles. The van der Waals surface area contributed by atoms with Crippen molar-refractivity contribution in [2.75, 3.05) is 6.54 Å². The minimum Gasteiger partial charge on any atom is -0.388 e. The molecule has 1 unspecified atom stereocenters. The smallest absolute Gasteiger partial charge is 0.388 e. The van der Waals surface area contributed by atoms with Crippen LogP contribution >= 0.6 is 0 Å². The third-order valence-electron chi connectivity index (χ3n) is 2.35. The van der Waals surface area contributed by atoms with Crippen LogP contribution in [0.25, 0.3) is 0 Å². The highest BCUT2D eigenvalue weighted by molar-refractivity contribution is 5.80. The zero-order chi connectivity index (χ0) is 15.5. The van der Waals surface area contributed by atoms with Crippen LogP contribution in [0, 0.1) is 5.92 Å². The highest BCUT2D eigenvalue weighted by Gasteiger charge is 2.61. The minimum atomic E-state index is -5.72. The second-order valence-electron chi connectivity index (χ2n) is 4.48. The Balaban J connectivity index is 4.79. The van der Waals surface area contributed by atoms with Crippen molar-refractivity contribution in [3.05, 3.63) is 0 Å². The first-order valence-corrected chi connectivity index (χ1v) is 5.45. The van der Waals surface area contributed by atoms with E-state index < -0.39 is 36.3 Å². The zero-order valence-corrected chi connectivity index (χ0v) is 10.3. The number of nitrogens with one attached hydrogen (secondary N) is 1. The van der Waals surface area contributed by atoms with Gasteiger partial charge in [0.2, 0.25) is 11.8 Å². The second-order valence-corrected chi connectivity index (χ2v) is 4.48. The van der Waals surface area contributed by atoms with Crippen LogP contribution < -0.4 is 5.32 Å². The Morgan fingerprint density at radius 1 is 1.16 bits per heavy atom. The van der Waals surface area contributed by atoms with Crippen molar-refractivity contribution >= 4 is 5.91 Å². The van der Waals surface area contributed by atoms with Gasteiger partial charge in [-0.05, 0) is 13.3 Å². The fourth-order valence-corrected chi connectivity index (χ4v) is 1.49. The van der Waals surface area contributed by atoms with Crippen LogP contribution in [-0.4, -0.2) is 35.5 Å². The van der Waals surface area contributed by atoms with Gasteiger partial charge >= 0.3 is 12.4 Å². The Bertz CT molecular complexity index is 296. The summed E-state index contributed by atoms with van der Waals surface area (Å²) in [4.78, 5) is 11.0. The molecule has 0 aromatic rings. The molecule has 1 atom stereocenters. The Kier molecular flexibility index (Phi) is 5.66. The molecule has 0 rings (SSSR count). The summed E-state index contributed by atoms with van der Waals surface area (Å²) in [5, 5.41) is 11.1. The first-order valence-electron chi connectivity index (χ1n) is 5.45. The lowest BCUT2D eigenvalue weighted by atomic mass is 10.00. The molecule has 0 fully saturated rings. The van der Waals surface area contributed by atoms with Gasteiger partial charge < -0.3 is 10.4 Å². The fourth-order valence-electron chi connectivity index (χ4n) is 1.49. The van der Waals surface area contributed by atoms with E-state index in [4.69, 9.17) is 0 Å². The van der Waals surface area contributed by atoms with Crippen molar-refractivity contribution in [1.82, 2.24) is 5.32 Å². The molecule has 114 valence electrons. The van der Waals surface area contributed by atoms with Gasteiger partial charge in [-0.2, -0.15) is 26.3 Å². The predicted octanol–water partition coefficient (Wildman–Crippen LogP) is 2.39. The van der Waals surface area contributed by atoms with Gasteiger partial charge in [-0.25, -0.2) is 0 Å². The van der Waals surface area contributed by atoms with Gasteiger partial charge in [0.15, 0.2) is 0 Å². The Morgan fingerprint density at radius 3 is 1.89 bits per heavy atom. The zero-order valence-electron chi connectivity index (χ0n) is 10.3. The summed E-state index contributed by atoms with van der Waals surface area (Å²) in [7, 11) is 0. The molecule has 3 nitrogen and oxygen atoms in total. The van der Waals surface area contributed by atoms with Gasteiger partial charge in [0, 0.05) is 6.54 Å². The van der Waals surface area contributed by atoms with Crippen LogP contribution in [-0.2, 0) is 4.79 Å². The summed E-state index contributed by atoms with van der Waals surface area (Å²) in [6.07, 6.45) is -10.8. The molecule has 9 heteroatoms. The Morgan fingerprint density at radius 2 is 1.58 bits per heavy atom. The van der Waals surface area contributed by atoms with Gasteiger partial charge in [0.25, 0.3) is 0 Å². The number of alkyl halides is 6. The van der Waals surface area contributed by atoms with Gasteiger partial charge in [-0.3, -0.25) is 4.79 Å². The van der Waals surface area contributed by atoms with Crippen LogP contribution in [0.1, 0.15) is 26.7 Å². The molecule has 1 amide bonds. The molecule has 0 radical (unpaired) electrons.